The van der Waals surface area contributed by atoms with Gasteiger partial charge in [-0.25, -0.2) is 9.97 Å². The second-order valence-corrected chi connectivity index (χ2v) is 10.3. The van der Waals surface area contributed by atoms with E-state index in [0.29, 0.717) is 34.7 Å². The van der Waals surface area contributed by atoms with E-state index in [2.05, 4.69) is 20.9 Å². The Morgan fingerprint density at radius 3 is 2.39 bits per heavy atom. The molecule has 0 radical (unpaired) electrons. The van der Waals surface area contributed by atoms with Crippen LogP contribution in [0, 0.1) is 0 Å². The summed E-state index contributed by atoms with van der Waals surface area (Å²) in [6.07, 6.45) is 2.37. The van der Waals surface area contributed by atoms with Crippen molar-refractivity contribution >= 4 is 40.8 Å². The first-order chi connectivity index (χ1) is 17.6. The number of nitrogens with zero attached hydrogens (tertiary/aromatic N) is 5. The third-order valence-electron chi connectivity index (χ3n) is 6.65. The average Bonchev–Trinajstić information content (AvgIpc) is 3.47. The molecule has 2 saturated heterocycles. The van der Waals surface area contributed by atoms with Gasteiger partial charge < -0.3 is 19.4 Å². The predicted molar refractivity (Wildman–Crippen MR) is 146 cm³/mol. The molecule has 0 spiro atoms. The fraction of sp³-hybridized carbons (Fsp3) is 0.370. The van der Waals surface area contributed by atoms with E-state index in [4.69, 9.17) is 21.3 Å². The second kappa shape index (κ2) is 11.4. The summed E-state index contributed by atoms with van der Waals surface area (Å²) >= 11 is 7.82. The molecule has 1 amide bonds. The molecule has 2 aliphatic heterocycles. The Kier molecular flexibility index (Phi) is 7.82. The van der Waals surface area contributed by atoms with Gasteiger partial charge in [-0.1, -0.05) is 47.6 Å². The van der Waals surface area contributed by atoms with Gasteiger partial charge in [-0.3, -0.25) is 4.79 Å². The van der Waals surface area contributed by atoms with Crippen LogP contribution in [-0.4, -0.2) is 67.2 Å². The third kappa shape index (κ3) is 5.71. The minimum absolute atomic E-state index is 0.0716. The predicted octanol–water partition coefficient (Wildman–Crippen LogP) is 4.99. The first-order valence-corrected chi connectivity index (χ1v) is 13.7. The molecule has 2 aliphatic rings. The summed E-state index contributed by atoms with van der Waals surface area (Å²) in [5.41, 5.74) is 2.90. The fourth-order valence-electron chi connectivity index (χ4n) is 4.67. The van der Waals surface area contributed by atoms with Crippen molar-refractivity contribution in [1.29, 1.82) is 0 Å². The molecule has 2 aromatic carbocycles. The maximum Gasteiger partial charge on any atom is 0.253 e. The van der Waals surface area contributed by atoms with E-state index >= 15 is 0 Å². The van der Waals surface area contributed by atoms with Gasteiger partial charge in [-0.05, 0) is 42.7 Å². The van der Waals surface area contributed by atoms with E-state index in [-0.39, 0.29) is 5.91 Å². The van der Waals surface area contributed by atoms with Gasteiger partial charge in [0.05, 0.1) is 12.8 Å². The maximum absolute atomic E-state index is 13.1. The lowest BCUT2D eigenvalue weighted by Crippen LogP contribution is -2.48. The van der Waals surface area contributed by atoms with Gasteiger partial charge in [0.25, 0.3) is 5.91 Å². The van der Waals surface area contributed by atoms with Crippen molar-refractivity contribution in [3.8, 4) is 5.75 Å². The highest BCUT2D eigenvalue weighted by molar-refractivity contribution is 7.98. The van der Waals surface area contributed by atoms with E-state index in [9.17, 15) is 4.79 Å². The van der Waals surface area contributed by atoms with Gasteiger partial charge in [-0.2, -0.15) is 0 Å². The van der Waals surface area contributed by atoms with Crippen molar-refractivity contribution in [2.45, 2.75) is 23.8 Å². The van der Waals surface area contributed by atoms with E-state index in [0.717, 1.165) is 49.0 Å². The number of carbonyl (C=O) groups excluding carboxylic acids is 1. The van der Waals surface area contributed by atoms with Crippen LogP contribution in [0.25, 0.3) is 0 Å². The van der Waals surface area contributed by atoms with Gasteiger partial charge in [-0.15, -0.1) is 0 Å². The summed E-state index contributed by atoms with van der Waals surface area (Å²) in [7, 11) is 1.69. The summed E-state index contributed by atoms with van der Waals surface area (Å²) in [5.74, 6) is 2.55. The standard InChI is InChI=1S/C27H30ClN5O2S/c1-35-23-7-3-2-6-22(23)31-14-16-33(17-15-31)26(34)21-10-8-20(9-11-21)19-36-27-29-24(28)18-25(30-27)32-12-4-5-13-32/h2-3,6-11,18H,4-5,12-17,19H2,1H3. The Morgan fingerprint density at radius 1 is 0.944 bits per heavy atom. The number of anilines is 2. The number of amides is 1. The number of ether oxygens (including phenoxy) is 1. The maximum atomic E-state index is 13.1. The first-order valence-electron chi connectivity index (χ1n) is 12.3. The Bertz CT molecular complexity index is 1200. The smallest absolute Gasteiger partial charge is 0.253 e. The first kappa shape index (κ1) is 24.7. The van der Waals surface area contributed by atoms with Crippen molar-refractivity contribution in [3.05, 3.63) is 70.9 Å². The van der Waals surface area contributed by atoms with Gasteiger partial charge >= 0.3 is 0 Å². The molecule has 3 heterocycles. The molecule has 0 unspecified atom stereocenters. The molecule has 0 aliphatic carbocycles. The Balaban J connectivity index is 1.16. The highest BCUT2D eigenvalue weighted by atomic mass is 35.5. The minimum atomic E-state index is 0.0716. The summed E-state index contributed by atoms with van der Waals surface area (Å²) < 4.78 is 5.50. The molecular formula is C27H30ClN5O2S. The summed E-state index contributed by atoms with van der Waals surface area (Å²) in [5, 5.41) is 1.15. The molecular weight excluding hydrogens is 494 g/mol. The van der Waals surface area contributed by atoms with Gasteiger partial charge in [0, 0.05) is 56.7 Å². The number of rotatable bonds is 7. The zero-order chi connectivity index (χ0) is 24.9. The lowest BCUT2D eigenvalue weighted by Gasteiger charge is -2.36. The van der Waals surface area contributed by atoms with Gasteiger partial charge in [0.2, 0.25) is 0 Å². The highest BCUT2D eigenvalue weighted by Crippen LogP contribution is 2.29. The number of halogens is 1. The van der Waals surface area contributed by atoms with Crippen LogP contribution < -0.4 is 14.5 Å². The average molecular weight is 524 g/mol. The molecule has 0 bridgehead atoms. The van der Waals surface area contributed by atoms with Crippen LogP contribution >= 0.6 is 23.4 Å². The summed E-state index contributed by atoms with van der Waals surface area (Å²) in [6, 6.07) is 17.7. The van der Waals surface area contributed by atoms with E-state index in [1.54, 1.807) is 18.9 Å². The number of hydrogen-bond acceptors (Lipinski definition) is 7. The SMILES string of the molecule is COc1ccccc1N1CCN(C(=O)c2ccc(CSc3nc(Cl)cc(N4CCCC4)n3)cc2)CC1. The molecule has 0 N–H and O–H groups in total. The topological polar surface area (TPSA) is 61.8 Å². The third-order valence-corrected chi connectivity index (χ3v) is 7.76. The molecule has 9 heteroatoms. The molecule has 1 aromatic heterocycles. The van der Waals surface area contributed by atoms with Gasteiger partial charge in [0.1, 0.15) is 16.7 Å². The zero-order valence-electron chi connectivity index (χ0n) is 20.4. The largest absolute Gasteiger partial charge is 0.495 e. The number of hydrogen-bond donors (Lipinski definition) is 0. The number of aromatic nitrogens is 2. The zero-order valence-corrected chi connectivity index (χ0v) is 22.0. The molecule has 36 heavy (non-hydrogen) atoms. The lowest BCUT2D eigenvalue weighted by molar-refractivity contribution is 0.0746. The molecule has 0 saturated carbocycles. The van der Waals surface area contributed by atoms with Crippen molar-refractivity contribution in [2.24, 2.45) is 0 Å². The van der Waals surface area contributed by atoms with Crippen molar-refractivity contribution in [3.63, 3.8) is 0 Å². The van der Waals surface area contributed by atoms with Crippen LogP contribution in [0.5, 0.6) is 5.75 Å². The molecule has 7 nitrogen and oxygen atoms in total. The Morgan fingerprint density at radius 2 is 1.67 bits per heavy atom. The van der Waals surface area contributed by atoms with E-state index in [1.165, 1.54) is 12.8 Å². The normalized spacial score (nSPS) is 15.9. The fourth-order valence-corrected chi connectivity index (χ4v) is 5.71. The number of carbonyl (C=O) groups is 1. The molecule has 2 fully saturated rings. The van der Waals surface area contributed by atoms with Crippen LogP contribution in [-0.2, 0) is 5.75 Å². The van der Waals surface area contributed by atoms with Crippen LogP contribution in [0.15, 0.2) is 59.8 Å². The van der Waals surface area contributed by atoms with Crippen molar-refractivity contribution in [2.75, 3.05) is 56.2 Å². The van der Waals surface area contributed by atoms with Crippen LogP contribution in [0.2, 0.25) is 5.15 Å². The number of thioether (sulfide) groups is 1. The minimum Gasteiger partial charge on any atom is -0.495 e. The van der Waals surface area contributed by atoms with Crippen molar-refractivity contribution < 1.29 is 9.53 Å². The Labute approximate surface area is 221 Å². The van der Waals surface area contributed by atoms with Crippen LogP contribution in [0.4, 0.5) is 11.5 Å². The summed E-state index contributed by atoms with van der Waals surface area (Å²) in [4.78, 5) is 28.6. The van der Waals surface area contributed by atoms with Crippen LogP contribution in [0.3, 0.4) is 0 Å². The molecule has 188 valence electrons. The quantitative estimate of drug-likeness (QED) is 0.245. The van der Waals surface area contributed by atoms with Crippen molar-refractivity contribution in [1.82, 2.24) is 14.9 Å². The molecule has 0 atom stereocenters. The monoisotopic (exact) mass is 523 g/mol. The summed E-state index contributed by atoms with van der Waals surface area (Å²) in [6.45, 7) is 4.95. The number of piperazine rings is 1. The highest BCUT2D eigenvalue weighted by Gasteiger charge is 2.24. The Hall–Kier alpha value is -2.97. The van der Waals surface area contributed by atoms with E-state index in [1.807, 2.05) is 53.4 Å². The molecule has 5 rings (SSSR count). The van der Waals surface area contributed by atoms with Gasteiger partial charge in [0.15, 0.2) is 5.16 Å². The molecule has 3 aromatic rings. The number of para-hydroxylation sites is 2. The number of benzene rings is 2. The van der Waals surface area contributed by atoms with E-state index < -0.39 is 0 Å². The lowest BCUT2D eigenvalue weighted by atomic mass is 10.1. The second-order valence-electron chi connectivity index (χ2n) is 8.96. The van der Waals surface area contributed by atoms with Crippen LogP contribution in [0.1, 0.15) is 28.8 Å². The number of methoxy groups -OCH3 is 1.